The second-order valence-electron chi connectivity index (χ2n) is 4.45. The van der Waals surface area contributed by atoms with E-state index in [0.717, 1.165) is 13.1 Å². The van der Waals surface area contributed by atoms with E-state index < -0.39 is 0 Å². The average molecular weight is 218 g/mol. The lowest BCUT2D eigenvalue weighted by atomic mass is 10.0. The van der Waals surface area contributed by atoms with Crippen LogP contribution >= 0.6 is 0 Å². The number of pyridine rings is 1. The molecular formula is C13H18N2O. The first kappa shape index (κ1) is 11.3. The summed E-state index contributed by atoms with van der Waals surface area (Å²) in [4.78, 5) is 17.9. The number of hydrogen-bond acceptors (Lipinski definition) is 3. The van der Waals surface area contributed by atoms with Crippen LogP contribution in [0.2, 0.25) is 0 Å². The average Bonchev–Trinajstić information content (AvgIpc) is 2.80. The minimum absolute atomic E-state index is 0.230. The maximum Gasteiger partial charge on any atom is 0.131 e. The zero-order valence-electron chi connectivity index (χ0n) is 9.72. The molecular weight excluding hydrogens is 200 g/mol. The molecule has 86 valence electrons. The van der Waals surface area contributed by atoms with E-state index in [4.69, 9.17) is 0 Å². The molecule has 1 atom stereocenters. The van der Waals surface area contributed by atoms with Gasteiger partial charge in [-0.2, -0.15) is 0 Å². The highest BCUT2D eigenvalue weighted by molar-refractivity contribution is 5.76. The Morgan fingerprint density at radius 2 is 2.25 bits per heavy atom. The molecule has 0 aromatic carbocycles. The first-order valence-electron chi connectivity index (χ1n) is 5.91. The van der Waals surface area contributed by atoms with Crippen molar-refractivity contribution in [2.45, 2.75) is 32.2 Å². The van der Waals surface area contributed by atoms with Gasteiger partial charge in [0.15, 0.2) is 0 Å². The second-order valence-corrected chi connectivity index (χ2v) is 4.45. The highest BCUT2D eigenvalue weighted by Crippen LogP contribution is 2.27. The summed E-state index contributed by atoms with van der Waals surface area (Å²) < 4.78 is 0. The highest BCUT2D eigenvalue weighted by atomic mass is 16.1. The van der Waals surface area contributed by atoms with Crippen LogP contribution in [0.15, 0.2) is 24.5 Å². The van der Waals surface area contributed by atoms with E-state index in [2.05, 4.69) is 16.0 Å². The third-order valence-corrected chi connectivity index (χ3v) is 3.13. The van der Waals surface area contributed by atoms with E-state index in [1.54, 1.807) is 13.1 Å². The first-order valence-corrected chi connectivity index (χ1v) is 5.91. The van der Waals surface area contributed by atoms with Crippen molar-refractivity contribution >= 4 is 5.78 Å². The van der Waals surface area contributed by atoms with E-state index in [0.29, 0.717) is 6.42 Å². The maximum absolute atomic E-state index is 11.3. The van der Waals surface area contributed by atoms with Gasteiger partial charge in [-0.3, -0.25) is 14.7 Å². The Labute approximate surface area is 96.5 Å². The predicted molar refractivity (Wildman–Crippen MR) is 63.1 cm³/mol. The van der Waals surface area contributed by atoms with Crippen molar-refractivity contribution < 1.29 is 4.79 Å². The zero-order chi connectivity index (χ0) is 11.4. The fourth-order valence-electron chi connectivity index (χ4n) is 2.36. The van der Waals surface area contributed by atoms with Crippen LogP contribution in [0, 0.1) is 0 Å². The molecule has 1 saturated heterocycles. The summed E-state index contributed by atoms with van der Waals surface area (Å²) in [5.74, 6) is 0.251. The number of carbonyl (C=O) groups excluding carboxylic acids is 1. The summed E-state index contributed by atoms with van der Waals surface area (Å²) in [6.07, 6.45) is 6.75. The van der Waals surface area contributed by atoms with Crippen molar-refractivity contribution in [1.82, 2.24) is 9.88 Å². The van der Waals surface area contributed by atoms with Gasteiger partial charge in [0.1, 0.15) is 5.78 Å². The Hall–Kier alpha value is -1.22. The Morgan fingerprint density at radius 3 is 2.81 bits per heavy atom. The van der Waals surface area contributed by atoms with Crippen molar-refractivity contribution in [3.05, 3.63) is 30.1 Å². The normalized spacial score (nSPS) is 18.6. The number of Topliss-reactive ketones (excluding diaryl/α,β-unsaturated/α-hetero) is 1. The van der Waals surface area contributed by atoms with Gasteiger partial charge in [-0.25, -0.2) is 0 Å². The lowest BCUT2D eigenvalue weighted by Crippen LogP contribution is -2.27. The van der Waals surface area contributed by atoms with E-state index in [1.807, 2.05) is 12.3 Å². The molecule has 3 heteroatoms. The van der Waals surface area contributed by atoms with Crippen molar-refractivity contribution in [2.24, 2.45) is 0 Å². The number of carbonyl (C=O) groups is 1. The summed E-state index contributed by atoms with van der Waals surface area (Å²) in [5, 5.41) is 0. The standard InChI is InChI=1S/C13H18N2O/c1-11(16)9-13(15-7-2-3-8-15)12-5-4-6-14-10-12/h4-6,10,13H,2-3,7-9H2,1H3. The molecule has 1 aromatic rings. The molecule has 3 nitrogen and oxygen atoms in total. The minimum atomic E-state index is 0.230. The molecule has 0 radical (unpaired) electrons. The van der Waals surface area contributed by atoms with Gasteiger partial charge in [-0.05, 0) is 44.5 Å². The lowest BCUT2D eigenvalue weighted by molar-refractivity contribution is -0.118. The Bertz CT molecular complexity index is 344. The van der Waals surface area contributed by atoms with Gasteiger partial charge in [0.25, 0.3) is 0 Å². The number of nitrogens with zero attached hydrogens (tertiary/aromatic N) is 2. The molecule has 16 heavy (non-hydrogen) atoms. The first-order chi connectivity index (χ1) is 7.77. The molecule has 0 amide bonds. The third kappa shape index (κ3) is 2.67. The molecule has 0 aliphatic carbocycles. The number of likely N-dealkylation sites (tertiary alicyclic amines) is 1. The van der Waals surface area contributed by atoms with Crippen molar-refractivity contribution in [3.63, 3.8) is 0 Å². The molecule has 0 bridgehead atoms. The number of ketones is 1. The molecule has 1 aromatic heterocycles. The molecule has 2 rings (SSSR count). The molecule has 0 spiro atoms. The van der Waals surface area contributed by atoms with Crippen LogP contribution < -0.4 is 0 Å². The van der Waals surface area contributed by atoms with Gasteiger partial charge in [0, 0.05) is 24.9 Å². The quantitative estimate of drug-likeness (QED) is 0.776. The van der Waals surface area contributed by atoms with Gasteiger partial charge >= 0.3 is 0 Å². The van der Waals surface area contributed by atoms with E-state index in [-0.39, 0.29) is 11.8 Å². The topological polar surface area (TPSA) is 33.2 Å². The SMILES string of the molecule is CC(=O)CC(c1cccnc1)N1CCCC1. The van der Waals surface area contributed by atoms with Crippen LogP contribution in [-0.2, 0) is 4.79 Å². The molecule has 1 aliphatic rings. The van der Waals surface area contributed by atoms with Crippen LogP contribution in [0.3, 0.4) is 0 Å². The van der Waals surface area contributed by atoms with Gasteiger partial charge in [-0.1, -0.05) is 6.07 Å². The summed E-state index contributed by atoms with van der Waals surface area (Å²) in [6, 6.07) is 4.24. The number of hydrogen-bond donors (Lipinski definition) is 0. The Balaban J connectivity index is 2.16. The van der Waals surface area contributed by atoms with Crippen LogP contribution in [0.5, 0.6) is 0 Å². The van der Waals surface area contributed by atoms with Gasteiger partial charge in [0.05, 0.1) is 0 Å². The Kier molecular flexibility index (Phi) is 3.67. The minimum Gasteiger partial charge on any atom is -0.300 e. The lowest BCUT2D eigenvalue weighted by Gasteiger charge is -2.26. The van der Waals surface area contributed by atoms with Crippen LogP contribution in [0.25, 0.3) is 0 Å². The van der Waals surface area contributed by atoms with Gasteiger partial charge in [-0.15, -0.1) is 0 Å². The van der Waals surface area contributed by atoms with E-state index >= 15 is 0 Å². The second kappa shape index (κ2) is 5.21. The van der Waals surface area contributed by atoms with E-state index in [1.165, 1.54) is 18.4 Å². The smallest absolute Gasteiger partial charge is 0.131 e. The summed E-state index contributed by atoms with van der Waals surface area (Å²) in [7, 11) is 0. The summed E-state index contributed by atoms with van der Waals surface area (Å²) >= 11 is 0. The largest absolute Gasteiger partial charge is 0.300 e. The molecule has 1 aliphatic heterocycles. The number of aromatic nitrogens is 1. The van der Waals surface area contributed by atoms with Crippen LogP contribution in [0.4, 0.5) is 0 Å². The molecule has 1 unspecified atom stereocenters. The van der Waals surface area contributed by atoms with Crippen LogP contribution in [0.1, 0.15) is 37.8 Å². The summed E-state index contributed by atoms with van der Waals surface area (Å²) in [5.41, 5.74) is 1.17. The molecule has 1 fully saturated rings. The van der Waals surface area contributed by atoms with Gasteiger partial charge in [0.2, 0.25) is 0 Å². The van der Waals surface area contributed by atoms with Crippen LogP contribution in [-0.4, -0.2) is 28.8 Å². The maximum atomic E-state index is 11.3. The van der Waals surface area contributed by atoms with E-state index in [9.17, 15) is 4.79 Å². The molecule has 0 saturated carbocycles. The fourth-order valence-corrected chi connectivity index (χ4v) is 2.36. The molecule has 2 heterocycles. The monoisotopic (exact) mass is 218 g/mol. The summed E-state index contributed by atoms with van der Waals surface area (Å²) in [6.45, 7) is 3.87. The molecule has 0 N–H and O–H groups in total. The van der Waals surface area contributed by atoms with Crippen molar-refractivity contribution in [3.8, 4) is 0 Å². The van der Waals surface area contributed by atoms with Crippen molar-refractivity contribution in [2.75, 3.05) is 13.1 Å². The number of rotatable bonds is 4. The van der Waals surface area contributed by atoms with Gasteiger partial charge < -0.3 is 0 Å². The fraction of sp³-hybridized carbons (Fsp3) is 0.538. The van der Waals surface area contributed by atoms with Crippen molar-refractivity contribution in [1.29, 1.82) is 0 Å². The predicted octanol–water partition coefficient (Wildman–Crippen LogP) is 2.20. The zero-order valence-corrected chi connectivity index (χ0v) is 9.72. The highest BCUT2D eigenvalue weighted by Gasteiger charge is 2.24. The Morgan fingerprint density at radius 1 is 1.50 bits per heavy atom. The third-order valence-electron chi connectivity index (χ3n) is 3.13.